The second-order valence-corrected chi connectivity index (χ2v) is 8.06. The fraction of sp³-hybridized carbons (Fsp3) is 0. The van der Waals surface area contributed by atoms with Gasteiger partial charge in [0.2, 0.25) is 0 Å². The van der Waals surface area contributed by atoms with Crippen molar-refractivity contribution in [2.45, 2.75) is 0 Å². The van der Waals surface area contributed by atoms with Gasteiger partial charge in [0.05, 0.1) is 16.2 Å². The number of nitrogens with one attached hydrogen (secondary N) is 1. The summed E-state index contributed by atoms with van der Waals surface area (Å²) in [6, 6.07) is 14.9. The number of aromatic nitrogens is 1. The first kappa shape index (κ1) is 20.5. The second kappa shape index (κ2) is 8.51. The lowest BCUT2D eigenvalue weighted by molar-refractivity contribution is -0.384. The number of thiazole rings is 1. The zero-order valence-electron chi connectivity index (χ0n) is 15.5. The Balaban J connectivity index is 1.62. The number of hydrogen-bond donors (Lipinski definition) is 1. The monoisotopic (exact) mass is 494 g/mol. The molecule has 0 fully saturated rings. The normalized spacial score (nSPS) is 11.3. The van der Waals surface area contributed by atoms with Crippen LogP contribution in [-0.2, 0) is 0 Å². The van der Waals surface area contributed by atoms with Crippen LogP contribution < -0.4 is 10.9 Å². The topological polar surface area (TPSA) is 122 Å². The predicted molar refractivity (Wildman–Crippen MR) is 122 cm³/mol. The van der Waals surface area contributed by atoms with E-state index in [-0.39, 0.29) is 11.3 Å². The van der Waals surface area contributed by atoms with Gasteiger partial charge in [-0.1, -0.05) is 15.9 Å². The van der Waals surface area contributed by atoms with Crippen LogP contribution in [0.1, 0.15) is 5.01 Å². The number of nitro groups is 1. The molecule has 0 saturated carbocycles. The highest BCUT2D eigenvalue weighted by Gasteiger charge is 2.14. The van der Waals surface area contributed by atoms with Gasteiger partial charge < -0.3 is 9.73 Å². The summed E-state index contributed by atoms with van der Waals surface area (Å²) < 4.78 is 6.23. The third-order valence-electron chi connectivity index (χ3n) is 4.29. The maximum absolute atomic E-state index is 12.4. The Morgan fingerprint density at radius 3 is 2.74 bits per heavy atom. The van der Waals surface area contributed by atoms with Crippen LogP contribution in [0.25, 0.3) is 27.8 Å². The lowest BCUT2D eigenvalue weighted by atomic mass is 10.1. The molecule has 8 nitrogen and oxygen atoms in total. The molecule has 31 heavy (non-hydrogen) atoms. The largest absolute Gasteiger partial charge is 0.422 e. The smallest absolute Gasteiger partial charge is 0.345 e. The van der Waals surface area contributed by atoms with Gasteiger partial charge in [0.25, 0.3) is 5.69 Å². The maximum Gasteiger partial charge on any atom is 0.345 e. The van der Waals surface area contributed by atoms with Crippen molar-refractivity contribution in [2.75, 3.05) is 5.32 Å². The molecule has 0 saturated heterocycles. The highest BCUT2D eigenvalue weighted by Crippen LogP contribution is 2.27. The van der Waals surface area contributed by atoms with E-state index < -0.39 is 10.5 Å². The van der Waals surface area contributed by atoms with Crippen molar-refractivity contribution < 1.29 is 9.34 Å². The van der Waals surface area contributed by atoms with E-state index in [0.29, 0.717) is 27.5 Å². The molecule has 0 aliphatic rings. The van der Waals surface area contributed by atoms with E-state index in [1.807, 2.05) is 6.07 Å². The van der Waals surface area contributed by atoms with Gasteiger partial charge in [-0.25, -0.2) is 9.78 Å². The van der Waals surface area contributed by atoms with E-state index in [1.165, 1.54) is 41.8 Å². The fourth-order valence-corrected chi connectivity index (χ4v) is 3.94. The van der Waals surface area contributed by atoms with Crippen molar-refractivity contribution in [1.82, 2.24) is 4.98 Å². The molecule has 0 aliphatic carbocycles. The van der Waals surface area contributed by atoms with Crippen molar-refractivity contribution in [3.63, 3.8) is 0 Å². The number of nitrogens with zero attached hydrogens (tertiary/aromatic N) is 3. The minimum absolute atomic E-state index is 0.0270. The number of nitriles is 1. The maximum atomic E-state index is 12.4. The van der Waals surface area contributed by atoms with Gasteiger partial charge in [-0.3, -0.25) is 10.1 Å². The molecule has 0 bridgehead atoms. The number of benzene rings is 2. The minimum Gasteiger partial charge on any atom is -0.422 e. The molecule has 0 atom stereocenters. The highest BCUT2D eigenvalue weighted by molar-refractivity contribution is 9.10. The van der Waals surface area contributed by atoms with Crippen LogP contribution in [0, 0.1) is 21.4 Å². The van der Waals surface area contributed by atoms with Crippen molar-refractivity contribution in [2.24, 2.45) is 0 Å². The summed E-state index contributed by atoms with van der Waals surface area (Å²) in [5.74, 6) is 0. The number of anilines is 1. The van der Waals surface area contributed by atoms with Crippen LogP contribution in [0.4, 0.5) is 11.4 Å². The first-order valence-corrected chi connectivity index (χ1v) is 10.4. The molecule has 10 heteroatoms. The van der Waals surface area contributed by atoms with E-state index in [4.69, 9.17) is 4.42 Å². The molecule has 0 spiro atoms. The van der Waals surface area contributed by atoms with Gasteiger partial charge in [-0.2, -0.15) is 5.26 Å². The van der Waals surface area contributed by atoms with Gasteiger partial charge in [0, 0.05) is 39.3 Å². The highest BCUT2D eigenvalue weighted by atomic mass is 79.9. The zero-order chi connectivity index (χ0) is 22.0. The van der Waals surface area contributed by atoms with Crippen molar-refractivity contribution in [3.8, 4) is 17.3 Å². The van der Waals surface area contributed by atoms with Crippen LogP contribution in [0.5, 0.6) is 0 Å². The van der Waals surface area contributed by atoms with Crippen LogP contribution in [0.3, 0.4) is 0 Å². The number of rotatable bonds is 5. The average Bonchev–Trinajstić information content (AvgIpc) is 3.24. The third-order valence-corrected chi connectivity index (χ3v) is 5.66. The van der Waals surface area contributed by atoms with E-state index in [1.54, 1.807) is 23.6 Å². The Morgan fingerprint density at radius 2 is 2.03 bits per heavy atom. The molecule has 152 valence electrons. The van der Waals surface area contributed by atoms with Gasteiger partial charge in [0.1, 0.15) is 22.2 Å². The average molecular weight is 495 g/mol. The van der Waals surface area contributed by atoms with Gasteiger partial charge >= 0.3 is 5.63 Å². The Labute approximate surface area is 187 Å². The van der Waals surface area contributed by atoms with E-state index in [0.717, 1.165) is 9.86 Å². The number of fused-ring (bicyclic) bond motifs is 1. The van der Waals surface area contributed by atoms with Crippen molar-refractivity contribution >= 4 is 55.2 Å². The molecule has 4 aromatic rings. The lowest BCUT2D eigenvalue weighted by Gasteiger charge is -2.01. The first-order chi connectivity index (χ1) is 14.9. The number of hydrogen-bond acceptors (Lipinski definition) is 8. The Morgan fingerprint density at radius 1 is 1.26 bits per heavy atom. The Kier molecular flexibility index (Phi) is 5.62. The predicted octanol–water partition coefficient (Wildman–Crippen LogP) is 5.56. The fourth-order valence-electron chi connectivity index (χ4n) is 2.77. The second-order valence-electron chi connectivity index (χ2n) is 6.29. The molecular weight excluding hydrogens is 484 g/mol. The lowest BCUT2D eigenvalue weighted by Crippen LogP contribution is -2.03. The quantitative estimate of drug-likeness (QED) is 0.166. The summed E-state index contributed by atoms with van der Waals surface area (Å²) in [6.45, 7) is 0. The Bertz CT molecular complexity index is 1430. The minimum atomic E-state index is -0.516. The van der Waals surface area contributed by atoms with E-state index in [2.05, 4.69) is 32.3 Å². The molecule has 0 radical (unpaired) electrons. The molecule has 0 aliphatic heterocycles. The zero-order valence-corrected chi connectivity index (χ0v) is 17.9. The summed E-state index contributed by atoms with van der Waals surface area (Å²) in [5, 5.41) is 26.0. The number of non-ortho nitro benzene ring substituents is 1. The summed E-state index contributed by atoms with van der Waals surface area (Å²) in [5.41, 5.74) is 1.47. The molecule has 4 rings (SSSR count). The van der Waals surface area contributed by atoms with Crippen LogP contribution >= 0.6 is 27.3 Å². The summed E-state index contributed by atoms with van der Waals surface area (Å²) in [7, 11) is 0. The molecule has 0 amide bonds. The molecule has 0 unspecified atom stereocenters. The third kappa shape index (κ3) is 4.37. The van der Waals surface area contributed by atoms with E-state index >= 15 is 0 Å². The van der Waals surface area contributed by atoms with Crippen molar-refractivity contribution in [3.05, 3.63) is 90.1 Å². The van der Waals surface area contributed by atoms with Crippen molar-refractivity contribution in [1.29, 1.82) is 5.26 Å². The molecule has 2 aromatic heterocycles. The van der Waals surface area contributed by atoms with Crippen LogP contribution in [-0.4, -0.2) is 9.91 Å². The van der Waals surface area contributed by atoms with E-state index in [9.17, 15) is 20.2 Å². The Hall–Kier alpha value is -3.81. The molecular formula is C21H11BrN4O4S. The SMILES string of the molecule is N#C/C(=C\Nc1ccc([N+](=O)[O-])cc1)c1nc(-c2cc3cc(Br)ccc3oc2=O)cs1. The number of nitro benzene ring substituents is 1. The molecule has 1 N–H and O–H groups in total. The van der Waals surface area contributed by atoms with Crippen LogP contribution in [0.2, 0.25) is 0 Å². The van der Waals surface area contributed by atoms with Gasteiger partial charge in [-0.15, -0.1) is 11.3 Å². The van der Waals surface area contributed by atoms with Crippen LogP contribution in [0.15, 0.2) is 73.8 Å². The molecule has 2 heterocycles. The van der Waals surface area contributed by atoms with Gasteiger partial charge in [0.15, 0.2) is 0 Å². The summed E-state index contributed by atoms with van der Waals surface area (Å²) >= 11 is 4.61. The number of allylic oxidation sites excluding steroid dienone is 1. The molecule has 2 aromatic carbocycles. The standard InChI is InChI=1S/C21H11BrN4O4S/c22-14-1-6-19-12(7-14)8-17(21(27)30-19)18-11-31-20(25-18)13(9-23)10-24-15-2-4-16(5-3-15)26(28)29/h1-8,10-11,24H/b13-10+. The van der Waals surface area contributed by atoms with Gasteiger partial charge in [-0.05, 0) is 36.4 Å². The first-order valence-electron chi connectivity index (χ1n) is 8.75. The number of halogens is 1. The summed E-state index contributed by atoms with van der Waals surface area (Å²) in [6.07, 6.45) is 1.46. The summed E-state index contributed by atoms with van der Waals surface area (Å²) in [4.78, 5) is 27.1.